The number of rotatable bonds is 13. The molecule has 5 atom stereocenters. The van der Waals surface area contributed by atoms with Crippen molar-refractivity contribution in [2.75, 3.05) is 50.8 Å². The number of hydrogen-bond donors (Lipinski definition) is 3. The number of alkyl carbamates (subject to hydrolysis) is 1. The van der Waals surface area contributed by atoms with E-state index in [4.69, 9.17) is 35.3 Å². The van der Waals surface area contributed by atoms with Gasteiger partial charge in [-0.1, -0.05) is 32.4 Å². The fourth-order valence-corrected chi connectivity index (χ4v) is 13.9. The number of nitrogens with one attached hydrogen (secondary N) is 1. The minimum absolute atomic E-state index is 0.0241. The number of halogens is 3. The Morgan fingerprint density at radius 3 is 2.53 bits per heavy atom. The third-order valence-corrected chi connectivity index (χ3v) is 17.8. The summed E-state index contributed by atoms with van der Waals surface area (Å²) in [5.41, 5.74) is -0.298. The number of terminal acetylenes is 1. The number of aromatic hydroxyl groups is 2. The molecule has 0 spiro atoms. The van der Waals surface area contributed by atoms with Gasteiger partial charge >= 0.3 is 24.0 Å². The van der Waals surface area contributed by atoms with E-state index in [0.717, 1.165) is 29.0 Å². The van der Waals surface area contributed by atoms with Crippen LogP contribution in [0, 0.1) is 24.0 Å². The maximum Gasteiger partial charge on any atom is 0.407 e. The van der Waals surface area contributed by atoms with Gasteiger partial charge < -0.3 is 48.8 Å². The number of amides is 2. The van der Waals surface area contributed by atoms with Gasteiger partial charge in [-0.15, -0.1) is 6.42 Å². The minimum Gasteiger partial charge on any atom is -0.508 e. The smallest absolute Gasteiger partial charge is 0.407 e. The van der Waals surface area contributed by atoms with Crippen LogP contribution in [0.5, 0.6) is 17.5 Å². The Morgan fingerprint density at radius 2 is 1.76 bits per heavy atom. The second-order valence-corrected chi connectivity index (χ2v) is 22.6. The van der Waals surface area contributed by atoms with E-state index in [1.807, 2.05) is 11.8 Å². The van der Waals surface area contributed by atoms with E-state index in [1.165, 1.54) is 35.0 Å². The molecule has 436 valence electrons. The molecule has 4 aromatic heterocycles. The second kappa shape index (κ2) is 20.8. The summed E-state index contributed by atoms with van der Waals surface area (Å²) in [6.45, 7) is 7.41. The Hall–Kier alpha value is -9.30. The number of carbonyl (C=O) groups is 4. The van der Waals surface area contributed by atoms with Crippen molar-refractivity contribution in [1.82, 2.24) is 39.6 Å². The predicted molar refractivity (Wildman–Crippen MR) is 302 cm³/mol. The summed E-state index contributed by atoms with van der Waals surface area (Å²) in [6, 6.07) is 10.7. The summed E-state index contributed by atoms with van der Waals surface area (Å²) in [7, 11) is 0. The van der Waals surface area contributed by atoms with Crippen LogP contribution in [0.1, 0.15) is 80.2 Å². The number of phenolic OH excluding ortho intramolecular Hbond substituents is 2. The SMILES string of the molecule is C#Cc1c(F)ccc2cc(O)cc(-c3ncc4c(N5CC6CCC(C5)N6C(=O)C(=C)COC(=O)NCC(=O)O[C@]5(CC)C(=O)OCc6c5cc5n(c6=O)Cc6c-5nc5ccc(O)cc5c6CC)nc(OC[C@@]56CCCN5C[C@H](F)C6)nc4c3F)c12. The molecule has 6 aliphatic heterocycles. The third-order valence-electron chi connectivity index (χ3n) is 17.8. The van der Waals surface area contributed by atoms with Crippen molar-refractivity contribution in [1.29, 1.82) is 0 Å². The molecule has 13 rings (SSSR count). The number of nitrogens with zero attached hydrogens (tertiary/aromatic N) is 8. The number of aryl methyl sites for hydroxylation is 1. The lowest BCUT2D eigenvalue weighted by atomic mass is 9.85. The van der Waals surface area contributed by atoms with Gasteiger partial charge in [0.25, 0.3) is 11.5 Å². The monoisotopic (exact) mass is 1160 g/mol. The van der Waals surface area contributed by atoms with Gasteiger partial charge in [-0.05, 0) is 98.5 Å². The van der Waals surface area contributed by atoms with Gasteiger partial charge in [0.15, 0.2) is 5.82 Å². The Morgan fingerprint density at radius 1 is 0.965 bits per heavy atom. The summed E-state index contributed by atoms with van der Waals surface area (Å²) < 4.78 is 72.0. The first kappa shape index (κ1) is 54.9. The van der Waals surface area contributed by atoms with Crippen LogP contribution < -0.4 is 20.5 Å². The van der Waals surface area contributed by atoms with Crippen LogP contribution >= 0.6 is 0 Å². The molecule has 85 heavy (non-hydrogen) atoms. The highest BCUT2D eigenvalue weighted by atomic mass is 19.1. The maximum absolute atomic E-state index is 17.4. The van der Waals surface area contributed by atoms with Crippen LogP contribution in [0.25, 0.3) is 55.2 Å². The van der Waals surface area contributed by atoms with Crippen LogP contribution in [-0.2, 0) is 53.8 Å². The van der Waals surface area contributed by atoms with E-state index < -0.39 is 83.7 Å². The summed E-state index contributed by atoms with van der Waals surface area (Å²) in [6.07, 6.45) is 8.38. The van der Waals surface area contributed by atoms with Gasteiger partial charge in [-0.25, -0.2) is 27.7 Å². The molecule has 2 unspecified atom stereocenters. The van der Waals surface area contributed by atoms with Crippen LogP contribution in [-0.4, -0.2) is 138 Å². The molecule has 2 amide bonds. The molecule has 6 aliphatic rings. The number of aromatic nitrogens is 5. The zero-order valence-corrected chi connectivity index (χ0v) is 46.3. The van der Waals surface area contributed by atoms with Gasteiger partial charge in [0.2, 0.25) is 5.60 Å². The number of pyridine rings is 3. The van der Waals surface area contributed by atoms with E-state index in [1.54, 1.807) is 30.0 Å². The van der Waals surface area contributed by atoms with Crippen molar-refractivity contribution in [3.05, 3.63) is 117 Å². The number of carbonyl (C=O) groups excluding carboxylic acids is 4. The van der Waals surface area contributed by atoms with Gasteiger partial charge in [0, 0.05) is 65.3 Å². The first-order valence-corrected chi connectivity index (χ1v) is 28.2. The summed E-state index contributed by atoms with van der Waals surface area (Å²) >= 11 is 0. The average molecular weight is 1160 g/mol. The molecule has 7 aromatic rings. The molecule has 2 bridgehead atoms. The van der Waals surface area contributed by atoms with E-state index in [2.05, 4.69) is 32.7 Å². The van der Waals surface area contributed by atoms with Crippen molar-refractivity contribution in [3.8, 4) is 52.5 Å². The van der Waals surface area contributed by atoms with Gasteiger partial charge in [-0.3, -0.25) is 24.3 Å². The number of hydrogen-bond acceptors (Lipinski definition) is 17. The van der Waals surface area contributed by atoms with Crippen molar-refractivity contribution < 1.29 is 61.5 Å². The highest BCUT2D eigenvalue weighted by molar-refractivity contribution is 6.03. The highest BCUT2D eigenvalue weighted by Gasteiger charge is 2.52. The lowest BCUT2D eigenvalue weighted by Gasteiger charge is -2.42. The molecule has 4 fully saturated rings. The normalized spacial score (nSPS) is 22.0. The maximum atomic E-state index is 17.4. The molecule has 3 aromatic carbocycles. The first-order chi connectivity index (χ1) is 40.9. The lowest BCUT2D eigenvalue weighted by Crippen LogP contribution is -2.56. The molecular formula is C62H56F3N9O11. The van der Waals surface area contributed by atoms with Crippen LogP contribution in [0.15, 0.2) is 71.7 Å². The fourth-order valence-electron chi connectivity index (χ4n) is 13.9. The Bertz CT molecular complexity index is 4180. The van der Waals surface area contributed by atoms with Crippen molar-refractivity contribution in [2.24, 2.45) is 0 Å². The molecule has 0 saturated carbocycles. The van der Waals surface area contributed by atoms with Crippen LogP contribution in [0.3, 0.4) is 0 Å². The molecule has 0 radical (unpaired) electrons. The Balaban J connectivity index is 0.699. The number of phenols is 2. The lowest BCUT2D eigenvalue weighted by molar-refractivity contribution is -0.188. The number of piperazine rings is 1. The quantitative estimate of drug-likeness (QED) is 0.0450. The molecule has 10 heterocycles. The van der Waals surface area contributed by atoms with Gasteiger partial charge in [0.1, 0.15) is 66.9 Å². The van der Waals surface area contributed by atoms with Crippen molar-refractivity contribution in [2.45, 2.75) is 101 Å². The van der Waals surface area contributed by atoms with Crippen molar-refractivity contribution >= 4 is 62.3 Å². The van der Waals surface area contributed by atoms with E-state index in [9.17, 15) is 38.6 Å². The molecule has 23 heteroatoms. The number of cyclic esters (lactones) is 1. The second-order valence-electron chi connectivity index (χ2n) is 22.6. The summed E-state index contributed by atoms with van der Waals surface area (Å²) in [4.78, 5) is 93.2. The topological polar surface area (TPSA) is 241 Å². The highest BCUT2D eigenvalue weighted by Crippen LogP contribution is 2.45. The number of alkyl halides is 1. The largest absolute Gasteiger partial charge is 0.508 e. The fraction of sp³-hybridized carbons (Fsp3) is 0.371. The number of anilines is 1. The number of ether oxygens (including phenoxy) is 4. The average Bonchev–Trinajstić information content (AvgIpc) is 1.77. The van der Waals surface area contributed by atoms with E-state index in [-0.39, 0.29) is 125 Å². The molecule has 20 nitrogen and oxygen atoms in total. The Kier molecular flexibility index (Phi) is 13.4. The van der Waals surface area contributed by atoms with Crippen molar-refractivity contribution in [3.63, 3.8) is 0 Å². The number of esters is 2. The predicted octanol–water partition coefficient (Wildman–Crippen LogP) is 7.14. The minimum atomic E-state index is -2.06. The van der Waals surface area contributed by atoms with Gasteiger partial charge in [0.05, 0.1) is 57.6 Å². The summed E-state index contributed by atoms with van der Waals surface area (Å²) in [5.74, 6) is -1.66. The zero-order valence-electron chi connectivity index (χ0n) is 46.3. The van der Waals surface area contributed by atoms with E-state index >= 15 is 8.78 Å². The van der Waals surface area contributed by atoms with Crippen LogP contribution in [0.2, 0.25) is 0 Å². The molecule has 3 N–H and O–H groups in total. The summed E-state index contributed by atoms with van der Waals surface area (Å²) in [5, 5.41) is 24.8. The molecule has 4 saturated heterocycles. The standard InChI is InChI=1S/C62H56F3N9O11/c1-5-38-40-18-36(75)12-14-47(40)68-52-43(38)27-73-48(52)20-45-44(57(73)79)29-82-58(80)62(45,7-3)85-49(77)23-67-60(81)83-28-31(4)56(78)74-34-10-11-35(74)26-71(25-34)55-42-22-66-53(41-19-37(76)17-32-9-13-46(64)39(6-2)50(32)41)51(65)54(42)69-59(70-55)84-30-61-15-8-16-72(61)24-33(63)21-61/h2,9,12-14,17-20,22,33-35,75-76H,4-5,7-8,10-11,15-16,21,23-30H2,1,3H3,(H,67,81)/t33-,34?,35?,61+,62+/m1/s1. The third kappa shape index (κ3) is 8.98. The van der Waals surface area contributed by atoms with Crippen LogP contribution in [0.4, 0.5) is 23.8 Å². The first-order valence-electron chi connectivity index (χ1n) is 28.2. The van der Waals surface area contributed by atoms with E-state index in [0.29, 0.717) is 54.5 Å². The zero-order chi connectivity index (χ0) is 59.4. The molecule has 0 aliphatic carbocycles. The number of benzene rings is 3. The Labute approximate surface area is 483 Å². The number of fused-ring (bicyclic) bond motifs is 10. The molecular weight excluding hydrogens is 1100 g/mol. The van der Waals surface area contributed by atoms with Gasteiger partial charge in [-0.2, -0.15) is 9.97 Å².